The fourth-order valence-corrected chi connectivity index (χ4v) is 1.62. The van der Waals surface area contributed by atoms with Crippen molar-refractivity contribution in [1.82, 2.24) is 4.90 Å². The average molecular weight is 230 g/mol. The summed E-state index contributed by atoms with van der Waals surface area (Å²) in [5, 5.41) is 9.05. The fraction of sp³-hybridized carbons (Fsp3) is 0.533. The first-order valence-corrected chi connectivity index (χ1v) is 6.05. The van der Waals surface area contributed by atoms with E-state index in [1.807, 2.05) is 20.9 Å². The van der Waals surface area contributed by atoms with Crippen molar-refractivity contribution in [1.29, 1.82) is 5.26 Å². The minimum absolute atomic E-state index is 0.389. The second-order valence-corrected chi connectivity index (χ2v) is 5.26. The molecular weight excluding hydrogens is 208 g/mol. The fourth-order valence-electron chi connectivity index (χ4n) is 1.62. The van der Waals surface area contributed by atoms with Gasteiger partial charge < -0.3 is 0 Å². The van der Waals surface area contributed by atoms with Gasteiger partial charge >= 0.3 is 0 Å². The molecule has 2 heteroatoms. The lowest BCUT2D eigenvalue weighted by Gasteiger charge is -2.28. The minimum Gasteiger partial charge on any atom is -0.289 e. The Kier molecular flexibility index (Phi) is 4.31. The van der Waals surface area contributed by atoms with Crippen molar-refractivity contribution < 1.29 is 0 Å². The maximum Gasteiger partial charge on any atom is 0.103 e. The molecule has 0 radical (unpaired) electrons. The molecule has 1 aromatic rings. The lowest BCUT2D eigenvalue weighted by Crippen LogP contribution is -2.40. The third-order valence-corrected chi connectivity index (χ3v) is 3.54. The van der Waals surface area contributed by atoms with Crippen molar-refractivity contribution in [2.75, 3.05) is 13.6 Å². The Morgan fingerprint density at radius 1 is 1.24 bits per heavy atom. The molecule has 0 bridgehead atoms. The van der Waals surface area contributed by atoms with E-state index in [1.165, 1.54) is 16.7 Å². The normalized spacial score (nSPS) is 11.6. The van der Waals surface area contributed by atoms with Gasteiger partial charge in [-0.05, 0) is 57.9 Å². The van der Waals surface area contributed by atoms with E-state index < -0.39 is 0 Å². The molecule has 0 saturated carbocycles. The van der Waals surface area contributed by atoms with Crippen LogP contribution in [0.1, 0.15) is 30.5 Å². The smallest absolute Gasteiger partial charge is 0.103 e. The molecule has 0 aliphatic carbocycles. The summed E-state index contributed by atoms with van der Waals surface area (Å²) in [5.41, 5.74) is 3.62. The summed E-state index contributed by atoms with van der Waals surface area (Å²) < 4.78 is 0. The van der Waals surface area contributed by atoms with Gasteiger partial charge in [0.05, 0.1) is 6.07 Å². The molecular formula is C15H22N2. The number of nitrogens with zero attached hydrogens (tertiary/aromatic N) is 2. The van der Waals surface area contributed by atoms with Crippen molar-refractivity contribution in [3.05, 3.63) is 34.9 Å². The number of aryl methyl sites for hydroxylation is 2. The number of rotatable bonds is 4. The van der Waals surface area contributed by atoms with Gasteiger partial charge in [-0.25, -0.2) is 0 Å². The van der Waals surface area contributed by atoms with Gasteiger partial charge in [-0.3, -0.25) is 4.90 Å². The Morgan fingerprint density at radius 2 is 1.88 bits per heavy atom. The van der Waals surface area contributed by atoms with Gasteiger partial charge in [0.2, 0.25) is 0 Å². The van der Waals surface area contributed by atoms with Gasteiger partial charge in [0.1, 0.15) is 5.54 Å². The molecule has 0 unspecified atom stereocenters. The third-order valence-electron chi connectivity index (χ3n) is 3.54. The predicted octanol–water partition coefficient (Wildman–Crippen LogP) is 3.08. The molecule has 0 aliphatic heterocycles. The summed E-state index contributed by atoms with van der Waals surface area (Å²) in [4.78, 5) is 2.10. The number of nitriles is 1. The SMILES string of the molecule is Cc1ccc(CCN(C)C(C)(C)C#N)cc1C. The van der Waals surface area contributed by atoms with Crippen LogP contribution in [0.25, 0.3) is 0 Å². The van der Waals surface area contributed by atoms with E-state index >= 15 is 0 Å². The molecule has 0 saturated heterocycles. The van der Waals surface area contributed by atoms with Crippen LogP contribution in [-0.4, -0.2) is 24.0 Å². The summed E-state index contributed by atoms with van der Waals surface area (Å²) in [6.07, 6.45) is 0.989. The van der Waals surface area contributed by atoms with Gasteiger partial charge in [0.15, 0.2) is 0 Å². The van der Waals surface area contributed by atoms with Crippen LogP contribution in [0.5, 0.6) is 0 Å². The molecule has 0 amide bonds. The van der Waals surface area contributed by atoms with Crippen LogP contribution >= 0.6 is 0 Å². The highest BCUT2D eigenvalue weighted by Crippen LogP contribution is 2.14. The maximum absolute atomic E-state index is 9.05. The monoisotopic (exact) mass is 230 g/mol. The van der Waals surface area contributed by atoms with Crippen LogP contribution in [0.4, 0.5) is 0 Å². The summed E-state index contributed by atoms with van der Waals surface area (Å²) in [5.74, 6) is 0. The van der Waals surface area contributed by atoms with E-state index in [0.717, 1.165) is 13.0 Å². The Balaban J connectivity index is 2.63. The molecule has 17 heavy (non-hydrogen) atoms. The lowest BCUT2D eigenvalue weighted by molar-refractivity contribution is 0.214. The Morgan fingerprint density at radius 3 is 2.41 bits per heavy atom. The van der Waals surface area contributed by atoms with Crippen molar-refractivity contribution >= 4 is 0 Å². The van der Waals surface area contributed by atoms with E-state index in [1.54, 1.807) is 0 Å². The van der Waals surface area contributed by atoms with Gasteiger partial charge in [-0.1, -0.05) is 18.2 Å². The average Bonchev–Trinajstić information content (AvgIpc) is 2.30. The Hall–Kier alpha value is -1.33. The number of hydrogen-bond donors (Lipinski definition) is 0. The maximum atomic E-state index is 9.05. The zero-order valence-corrected chi connectivity index (χ0v) is 11.5. The molecule has 1 rings (SSSR count). The second-order valence-electron chi connectivity index (χ2n) is 5.26. The quantitative estimate of drug-likeness (QED) is 0.794. The van der Waals surface area contributed by atoms with Crippen LogP contribution in [0.15, 0.2) is 18.2 Å². The van der Waals surface area contributed by atoms with Crippen molar-refractivity contribution in [3.8, 4) is 6.07 Å². The summed E-state index contributed by atoms with van der Waals surface area (Å²) in [6.45, 7) is 9.08. The van der Waals surface area contributed by atoms with E-state index in [4.69, 9.17) is 5.26 Å². The number of likely N-dealkylation sites (N-methyl/N-ethyl adjacent to an activating group) is 1. The highest BCUT2D eigenvalue weighted by atomic mass is 15.2. The van der Waals surface area contributed by atoms with Gasteiger partial charge in [-0.15, -0.1) is 0 Å². The van der Waals surface area contributed by atoms with E-state index in [2.05, 4.69) is 43.0 Å². The highest BCUT2D eigenvalue weighted by molar-refractivity contribution is 5.30. The number of benzene rings is 1. The second kappa shape index (κ2) is 5.33. The van der Waals surface area contributed by atoms with Crippen LogP contribution in [0, 0.1) is 25.2 Å². The van der Waals surface area contributed by atoms with Gasteiger partial charge in [-0.2, -0.15) is 5.26 Å². The van der Waals surface area contributed by atoms with Crippen LogP contribution < -0.4 is 0 Å². The molecule has 0 spiro atoms. The molecule has 1 aromatic carbocycles. The Bertz CT molecular complexity index is 427. The largest absolute Gasteiger partial charge is 0.289 e. The van der Waals surface area contributed by atoms with Crippen LogP contribution in [0.3, 0.4) is 0 Å². The molecule has 0 aliphatic rings. The van der Waals surface area contributed by atoms with E-state index in [0.29, 0.717) is 0 Å². The molecule has 0 fully saturated rings. The zero-order chi connectivity index (χ0) is 13.1. The standard InChI is InChI=1S/C15H22N2/c1-12-6-7-14(10-13(12)2)8-9-17(5)15(3,4)11-16/h6-7,10H,8-9H2,1-5H3. The van der Waals surface area contributed by atoms with Crippen molar-refractivity contribution in [3.63, 3.8) is 0 Å². The molecule has 0 aromatic heterocycles. The summed E-state index contributed by atoms with van der Waals surface area (Å²) in [6, 6.07) is 8.91. The number of hydrogen-bond acceptors (Lipinski definition) is 2. The Labute approximate surface area is 105 Å². The van der Waals surface area contributed by atoms with Crippen molar-refractivity contribution in [2.24, 2.45) is 0 Å². The molecule has 2 nitrogen and oxygen atoms in total. The molecule has 0 N–H and O–H groups in total. The van der Waals surface area contributed by atoms with Crippen LogP contribution in [0.2, 0.25) is 0 Å². The predicted molar refractivity (Wildman–Crippen MR) is 71.9 cm³/mol. The van der Waals surface area contributed by atoms with E-state index in [9.17, 15) is 0 Å². The summed E-state index contributed by atoms with van der Waals surface area (Å²) in [7, 11) is 2.00. The van der Waals surface area contributed by atoms with E-state index in [-0.39, 0.29) is 5.54 Å². The first kappa shape index (κ1) is 13.7. The first-order chi connectivity index (χ1) is 7.86. The van der Waals surface area contributed by atoms with Gasteiger partial charge in [0.25, 0.3) is 0 Å². The third kappa shape index (κ3) is 3.57. The topological polar surface area (TPSA) is 27.0 Å². The summed E-state index contributed by atoms with van der Waals surface area (Å²) >= 11 is 0. The first-order valence-electron chi connectivity index (χ1n) is 6.05. The van der Waals surface area contributed by atoms with Crippen LogP contribution in [-0.2, 0) is 6.42 Å². The molecule has 92 valence electrons. The zero-order valence-electron chi connectivity index (χ0n) is 11.5. The van der Waals surface area contributed by atoms with Gasteiger partial charge in [0, 0.05) is 6.54 Å². The van der Waals surface area contributed by atoms with Crippen molar-refractivity contribution in [2.45, 2.75) is 39.7 Å². The molecule has 0 heterocycles. The minimum atomic E-state index is -0.389. The molecule has 0 atom stereocenters. The highest BCUT2D eigenvalue weighted by Gasteiger charge is 2.21. The lowest BCUT2D eigenvalue weighted by atomic mass is 10.0.